The minimum atomic E-state index is -1.83. The van der Waals surface area contributed by atoms with Crippen molar-refractivity contribution in [1.29, 1.82) is 0 Å². The van der Waals surface area contributed by atoms with Crippen LogP contribution in [0.2, 0.25) is 0 Å². The van der Waals surface area contributed by atoms with Crippen LogP contribution in [0.4, 0.5) is 4.79 Å². The zero-order valence-corrected chi connectivity index (χ0v) is 5.67. The van der Waals surface area contributed by atoms with Crippen molar-refractivity contribution in [3.63, 3.8) is 0 Å². The number of carbonyl (C=O) groups is 3. The summed E-state index contributed by atoms with van der Waals surface area (Å²) in [5, 5.41) is 29.6. The summed E-state index contributed by atoms with van der Waals surface area (Å²) in [6, 6.07) is 0. The fourth-order valence-electron chi connectivity index (χ4n) is 0.143. The lowest BCUT2D eigenvalue weighted by Crippen LogP contribution is -1.91. The Hall–Kier alpha value is -2.05. The van der Waals surface area contributed by atoms with Gasteiger partial charge in [0.05, 0.1) is 0 Å². The maximum atomic E-state index is 9.55. The summed E-state index contributed by atoms with van der Waals surface area (Å²) in [4.78, 5) is 27.7. The Morgan fingerprint density at radius 2 is 0.917 bits per heavy atom. The van der Waals surface area contributed by atoms with Crippen LogP contribution in [0, 0.1) is 0 Å². The van der Waals surface area contributed by atoms with E-state index >= 15 is 0 Å². The van der Waals surface area contributed by atoms with Crippen molar-refractivity contribution in [2.24, 2.45) is 0 Å². The lowest BCUT2D eigenvalue weighted by molar-refractivity contribution is -0.134. The van der Waals surface area contributed by atoms with Gasteiger partial charge in [0, 0.05) is 12.2 Å². The van der Waals surface area contributed by atoms with Crippen molar-refractivity contribution in [2.75, 3.05) is 0 Å². The normalized spacial score (nSPS) is 8.33. The first-order valence-electron chi connectivity index (χ1n) is 2.42. The lowest BCUT2D eigenvalue weighted by atomic mass is 10.5. The molecule has 0 aliphatic rings. The number of hydrogen-bond donors (Lipinski definition) is 4. The van der Waals surface area contributed by atoms with Gasteiger partial charge < -0.3 is 20.4 Å². The maximum absolute atomic E-state index is 9.55. The van der Waals surface area contributed by atoms with Gasteiger partial charge in [0.15, 0.2) is 0 Å². The molecule has 68 valence electrons. The highest BCUT2D eigenvalue weighted by Crippen LogP contribution is 1.70. The number of rotatable bonds is 2. The van der Waals surface area contributed by atoms with Crippen LogP contribution in [0.5, 0.6) is 0 Å². The predicted octanol–water partition coefficient (Wildman–Crippen LogP) is -0.0658. The molecule has 0 aliphatic carbocycles. The molecule has 0 spiro atoms. The van der Waals surface area contributed by atoms with Crippen LogP contribution in [0.15, 0.2) is 12.2 Å². The van der Waals surface area contributed by atoms with E-state index in [4.69, 9.17) is 25.2 Å². The standard InChI is InChI=1S/C4H4O4.CH2O3/c5-3(6)1-2-4(7)8;2-1(3)4/h1-2H,(H,5,6)(H,7,8);(H2,2,3,4)/b2-1-;. The van der Waals surface area contributed by atoms with Crippen LogP contribution >= 0.6 is 0 Å². The molecule has 0 aliphatic heterocycles. The third-order valence-electron chi connectivity index (χ3n) is 0.368. The predicted molar refractivity (Wildman–Crippen MR) is 35.1 cm³/mol. The Morgan fingerprint density at radius 3 is 1.00 bits per heavy atom. The van der Waals surface area contributed by atoms with Crippen LogP contribution in [0.25, 0.3) is 0 Å². The van der Waals surface area contributed by atoms with E-state index in [1.807, 2.05) is 0 Å². The molecule has 0 amide bonds. The van der Waals surface area contributed by atoms with Crippen LogP contribution in [-0.4, -0.2) is 38.5 Å². The van der Waals surface area contributed by atoms with Gasteiger partial charge in [-0.05, 0) is 0 Å². The second kappa shape index (κ2) is 7.06. The van der Waals surface area contributed by atoms with Gasteiger partial charge in [-0.2, -0.15) is 0 Å². The highest BCUT2D eigenvalue weighted by atomic mass is 16.6. The second-order valence-corrected chi connectivity index (χ2v) is 1.29. The molecule has 0 unspecified atom stereocenters. The molecule has 0 rings (SSSR count). The smallest absolute Gasteiger partial charge is 0.478 e. The number of carboxylic acid groups (broad SMARTS) is 4. The topological polar surface area (TPSA) is 132 Å². The molecule has 12 heavy (non-hydrogen) atoms. The van der Waals surface area contributed by atoms with E-state index in [0.717, 1.165) is 0 Å². The molecule has 0 aromatic heterocycles. The van der Waals surface area contributed by atoms with Crippen molar-refractivity contribution >= 4 is 18.1 Å². The van der Waals surface area contributed by atoms with Gasteiger partial charge in [0.2, 0.25) is 0 Å². The Bertz CT molecular complexity index is 184. The van der Waals surface area contributed by atoms with Crippen molar-refractivity contribution < 1.29 is 34.8 Å². The Balaban J connectivity index is 0. The summed E-state index contributed by atoms with van der Waals surface area (Å²) >= 11 is 0. The minimum absolute atomic E-state index is 0.558. The van der Waals surface area contributed by atoms with Crippen molar-refractivity contribution in [3.05, 3.63) is 12.2 Å². The third kappa shape index (κ3) is 44.1. The van der Waals surface area contributed by atoms with Gasteiger partial charge in [-0.3, -0.25) is 0 Å². The summed E-state index contributed by atoms with van der Waals surface area (Å²) in [7, 11) is 0. The van der Waals surface area contributed by atoms with Crippen molar-refractivity contribution in [3.8, 4) is 0 Å². The van der Waals surface area contributed by atoms with E-state index in [9.17, 15) is 9.59 Å². The quantitative estimate of drug-likeness (QED) is 0.435. The van der Waals surface area contributed by atoms with Crippen LogP contribution < -0.4 is 0 Å². The van der Waals surface area contributed by atoms with E-state index in [2.05, 4.69) is 0 Å². The molecule has 0 heterocycles. The zero-order chi connectivity index (χ0) is 10.1. The molecule has 0 aromatic carbocycles. The molecule has 4 N–H and O–H groups in total. The van der Waals surface area contributed by atoms with E-state index < -0.39 is 18.1 Å². The van der Waals surface area contributed by atoms with E-state index in [1.54, 1.807) is 0 Å². The molecule has 0 atom stereocenters. The number of carboxylic acids is 2. The van der Waals surface area contributed by atoms with Gasteiger partial charge in [0.25, 0.3) is 0 Å². The van der Waals surface area contributed by atoms with E-state index in [0.29, 0.717) is 12.2 Å². The Morgan fingerprint density at radius 1 is 0.750 bits per heavy atom. The van der Waals surface area contributed by atoms with Gasteiger partial charge in [-0.1, -0.05) is 0 Å². The Labute approximate surface area is 66.2 Å². The van der Waals surface area contributed by atoms with E-state index in [1.165, 1.54) is 0 Å². The first-order chi connectivity index (χ1) is 5.36. The molecular formula is C5H6O7. The van der Waals surface area contributed by atoms with Gasteiger partial charge in [-0.15, -0.1) is 0 Å². The average molecular weight is 178 g/mol. The van der Waals surface area contributed by atoms with Gasteiger partial charge in [0.1, 0.15) is 0 Å². The summed E-state index contributed by atoms with van der Waals surface area (Å²) in [5.74, 6) is -2.51. The Kier molecular flexibility index (Phi) is 7.42. The fourth-order valence-corrected chi connectivity index (χ4v) is 0.143. The van der Waals surface area contributed by atoms with Crippen molar-refractivity contribution in [2.45, 2.75) is 0 Å². The molecule has 0 saturated carbocycles. The molecule has 0 bridgehead atoms. The zero-order valence-electron chi connectivity index (χ0n) is 5.67. The fraction of sp³-hybridized carbons (Fsp3) is 0. The molecule has 0 aromatic rings. The molecular weight excluding hydrogens is 172 g/mol. The minimum Gasteiger partial charge on any atom is -0.478 e. The lowest BCUT2D eigenvalue weighted by Gasteiger charge is -1.74. The molecule has 0 fully saturated rings. The summed E-state index contributed by atoms with van der Waals surface area (Å²) in [5.41, 5.74) is 0. The monoisotopic (exact) mass is 178 g/mol. The molecule has 0 saturated heterocycles. The van der Waals surface area contributed by atoms with Crippen LogP contribution in [0.3, 0.4) is 0 Å². The largest absolute Gasteiger partial charge is 0.503 e. The maximum Gasteiger partial charge on any atom is 0.503 e. The van der Waals surface area contributed by atoms with E-state index in [-0.39, 0.29) is 0 Å². The highest BCUT2D eigenvalue weighted by Gasteiger charge is 1.88. The highest BCUT2D eigenvalue weighted by molar-refractivity contribution is 5.89. The van der Waals surface area contributed by atoms with Crippen molar-refractivity contribution in [1.82, 2.24) is 0 Å². The summed E-state index contributed by atoms with van der Waals surface area (Å²) in [6.45, 7) is 0. The molecule has 7 nitrogen and oxygen atoms in total. The first-order valence-corrected chi connectivity index (χ1v) is 2.42. The van der Waals surface area contributed by atoms with Gasteiger partial charge >= 0.3 is 18.1 Å². The second-order valence-electron chi connectivity index (χ2n) is 1.29. The van der Waals surface area contributed by atoms with Crippen LogP contribution in [-0.2, 0) is 9.59 Å². The third-order valence-corrected chi connectivity index (χ3v) is 0.368. The molecule has 0 radical (unpaired) electrons. The molecule has 7 heteroatoms. The first kappa shape index (κ1) is 12.6. The average Bonchev–Trinajstić information content (AvgIpc) is 1.82. The summed E-state index contributed by atoms with van der Waals surface area (Å²) < 4.78 is 0. The van der Waals surface area contributed by atoms with Gasteiger partial charge in [-0.25, -0.2) is 14.4 Å². The number of aliphatic carboxylic acids is 2. The number of hydrogen-bond acceptors (Lipinski definition) is 3. The van der Waals surface area contributed by atoms with Crippen LogP contribution in [0.1, 0.15) is 0 Å². The summed E-state index contributed by atoms with van der Waals surface area (Å²) in [6.07, 6.45) is -0.718. The SMILES string of the molecule is O=C(O)/C=C\C(=O)O.O=C(O)O.